The first-order valence-electron chi connectivity index (χ1n) is 5.30. The highest BCUT2D eigenvalue weighted by atomic mass is 35.5. The van der Waals surface area contributed by atoms with Gasteiger partial charge in [0.1, 0.15) is 5.75 Å². The van der Waals surface area contributed by atoms with E-state index in [4.69, 9.17) is 22.1 Å². The van der Waals surface area contributed by atoms with E-state index in [1.165, 1.54) is 0 Å². The zero-order valence-electron chi connectivity index (χ0n) is 9.42. The number of hydrogen-bond acceptors (Lipinski definition) is 2. The monoisotopic (exact) mass is 237 g/mol. The summed E-state index contributed by atoms with van der Waals surface area (Å²) in [5.74, 6) is 6.84. The Balaban J connectivity index is 2.59. The van der Waals surface area contributed by atoms with Gasteiger partial charge < -0.3 is 10.5 Å². The van der Waals surface area contributed by atoms with Crippen molar-refractivity contribution in [3.8, 4) is 17.6 Å². The van der Waals surface area contributed by atoms with Gasteiger partial charge in [0.05, 0.1) is 12.1 Å². The third-order valence-electron chi connectivity index (χ3n) is 2.14. The highest BCUT2D eigenvalue weighted by Gasteiger charge is 1.99. The van der Waals surface area contributed by atoms with Crippen LogP contribution in [0, 0.1) is 11.8 Å². The number of benzene rings is 1. The molecule has 0 unspecified atom stereocenters. The van der Waals surface area contributed by atoms with E-state index in [0.717, 1.165) is 31.4 Å². The van der Waals surface area contributed by atoms with Crippen LogP contribution in [0.3, 0.4) is 0 Å². The minimum Gasteiger partial charge on any atom is -0.495 e. The standard InChI is InChI=1S/C13H16ClNO/c1-16-13-10-11(7-8-12(13)14)6-4-2-3-5-9-15/h7-8,10H,2-3,5,9,15H2,1H3. The summed E-state index contributed by atoms with van der Waals surface area (Å²) in [6, 6.07) is 5.53. The van der Waals surface area contributed by atoms with Crippen molar-refractivity contribution in [2.45, 2.75) is 19.3 Å². The number of halogens is 1. The van der Waals surface area contributed by atoms with Gasteiger partial charge in [-0.25, -0.2) is 0 Å². The molecule has 0 saturated carbocycles. The van der Waals surface area contributed by atoms with Gasteiger partial charge in [0.2, 0.25) is 0 Å². The summed E-state index contributed by atoms with van der Waals surface area (Å²) in [5, 5.41) is 0.608. The summed E-state index contributed by atoms with van der Waals surface area (Å²) in [4.78, 5) is 0. The molecule has 2 nitrogen and oxygen atoms in total. The zero-order chi connectivity index (χ0) is 11.8. The van der Waals surface area contributed by atoms with Crippen LogP contribution in [0.25, 0.3) is 0 Å². The van der Waals surface area contributed by atoms with E-state index >= 15 is 0 Å². The van der Waals surface area contributed by atoms with Gasteiger partial charge in [-0.3, -0.25) is 0 Å². The largest absolute Gasteiger partial charge is 0.495 e. The van der Waals surface area contributed by atoms with Crippen molar-refractivity contribution in [2.75, 3.05) is 13.7 Å². The van der Waals surface area contributed by atoms with Crippen LogP contribution in [-0.4, -0.2) is 13.7 Å². The van der Waals surface area contributed by atoms with Gasteiger partial charge in [0, 0.05) is 12.0 Å². The maximum absolute atomic E-state index is 5.91. The molecule has 1 rings (SSSR count). The van der Waals surface area contributed by atoms with Gasteiger partial charge >= 0.3 is 0 Å². The first kappa shape index (κ1) is 12.9. The van der Waals surface area contributed by atoms with E-state index in [9.17, 15) is 0 Å². The lowest BCUT2D eigenvalue weighted by Crippen LogP contribution is -1.96. The average molecular weight is 238 g/mol. The third-order valence-corrected chi connectivity index (χ3v) is 2.45. The first-order valence-corrected chi connectivity index (χ1v) is 5.68. The van der Waals surface area contributed by atoms with Crippen LogP contribution in [0.4, 0.5) is 0 Å². The smallest absolute Gasteiger partial charge is 0.138 e. The Hall–Kier alpha value is -1.17. The number of ether oxygens (including phenoxy) is 1. The molecule has 0 spiro atoms. The summed E-state index contributed by atoms with van der Waals surface area (Å²) < 4.78 is 5.11. The molecule has 0 aliphatic carbocycles. The topological polar surface area (TPSA) is 35.2 Å². The molecule has 86 valence electrons. The van der Waals surface area contributed by atoms with Crippen LogP contribution in [-0.2, 0) is 0 Å². The SMILES string of the molecule is COc1cc(C#CCCCCN)ccc1Cl. The van der Waals surface area contributed by atoms with E-state index < -0.39 is 0 Å². The Labute approximate surface area is 102 Å². The second-order valence-electron chi connectivity index (χ2n) is 3.40. The Morgan fingerprint density at radius 3 is 2.88 bits per heavy atom. The lowest BCUT2D eigenvalue weighted by molar-refractivity contribution is 0.415. The van der Waals surface area contributed by atoms with E-state index in [1.54, 1.807) is 13.2 Å². The second-order valence-corrected chi connectivity index (χ2v) is 3.80. The van der Waals surface area contributed by atoms with Crippen LogP contribution in [0.2, 0.25) is 5.02 Å². The molecule has 0 saturated heterocycles. The van der Waals surface area contributed by atoms with Crippen LogP contribution >= 0.6 is 11.6 Å². The molecular formula is C13H16ClNO. The fourth-order valence-electron chi connectivity index (χ4n) is 1.26. The molecule has 0 aliphatic heterocycles. The van der Waals surface area contributed by atoms with Crippen molar-refractivity contribution < 1.29 is 4.74 Å². The van der Waals surface area contributed by atoms with Crippen molar-refractivity contribution >= 4 is 11.6 Å². The molecule has 2 N–H and O–H groups in total. The molecule has 0 bridgehead atoms. The average Bonchev–Trinajstić information content (AvgIpc) is 2.31. The summed E-state index contributed by atoms with van der Waals surface area (Å²) in [7, 11) is 1.60. The molecule has 0 aromatic heterocycles. The number of hydrogen-bond donors (Lipinski definition) is 1. The molecule has 1 aromatic carbocycles. The molecule has 0 atom stereocenters. The third kappa shape index (κ3) is 4.14. The van der Waals surface area contributed by atoms with Crippen molar-refractivity contribution in [1.82, 2.24) is 0 Å². The second kappa shape index (κ2) is 7.16. The predicted octanol–water partition coefficient (Wildman–Crippen LogP) is 2.83. The van der Waals surface area contributed by atoms with Crippen LogP contribution in [0.1, 0.15) is 24.8 Å². The molecule has 0 aliphatic rings. The van der Waals surface area contributed by atoms with Crippen LogP contribution in [0.15, 0.2) is 18.2 Å². The Kier molecular flexibility index (Phi) is 5.77. The summed E-state index contributed by atoms with van der Waals surface area (Å²) >= 11 is 5.91. The van der Waals surface area contributed by atoms with Gasteiger partial charge in [-0.05, 0) is 37.6 Å². The molecule has 3 heteroatoms. The fourth-order valence-corrected chi connectivity index (χ4v) is 1.45. The van der Waals surface area contributed by atoms with E-state index in [0.29, 0.717) is 10.8 Å². The highest BCUT2D eigenvalue weighted by molar-refractivity contribution is 6.32. The Morgan fingerprint density at radius 1 is 1.38 bits per heavy atom. The first-order chi connectivity index (χ1) is 7.77. The molecule has 0 amide bonds. The minimum atomic E-state index is 0.608. The summed E-state index contributed by atoms with van der Waals surface area (Å²) in [5.41, 5.74) is 6.32. The predicted molar refractivity (Wildman–Crippen MR) is 67.8 cm³/mol. The summed E-state index contributed by atoms with van der Waals surface area (Å²) in [6.07, 6.45) is 2.95. The lowest BCUT2D eigenvalue weighted by atomic mass is 10.2. The van der Waals surface area contributed by atoms with E-state index in [-0.39, 0.29) is 0 Å². The summed E-state index contributed by atoms with van der Waals surface area (Å²) in [6.45, 7) is 0.733. The van der Waals surface area contributed by atoms with Crippen molar-refractivity contribution in [1.29, 1.82) is 0 Å². The van der Waals surface area contributed by atoms with Crippen LogP contribution < -0.4 is 10.5 Å². The van der Waals surface area contributed by atoms with Gasteiger partial charge in [-0.2, -0.15) is 0 Å². The normalized spacial score (nSPS) is 9.44. The quantitative estimate of drug-likeness (QED) is 0.646. The molecular weight excluding hydrogens is 222 g/mol. The fraction of sp³-hybridized carbons (Fsp3) is 0.385. The number of unbranched alkanes of at least 4 members (excludes halogenated alkanes) is 2. The lowest BCUT2D eigenvalue weighted by Gasteiger charge is -2.02. The Morgan fingerprint density at radius 2 is 2.19 bits per heavy atom. The van der Waals surface area contributed by atoms with E-state index in [2.05, 4.69) is 11.8 Å². The minimum absolute atomic E-state index is 0.608. The van der Waals surface area contributed by atoms with Crippen molar-refractivity contribution in [3.63, 3.8) is 0 Å². The van der Waals surface area contributed by atoms with Gasteiger partial charge in [0.15, 0.2) is 0 Å². The molecule has 16 heavy (non-hydrogen) atoms. The zero-order valence-corrected chi connectivity index (χ0v) is 10.2. The Bertz CT molecular complexity index is 393. The molecule has 1 aromatic rings. The van der Waals surface area contributed by atoms with Gasteiger partial charge in [-0.15, -0.1) is 0 Å². The number of nitrogens with two attached hydrogens (primary N) is 1. The highest BCUT2D eigenvalue weighted by Crippen LogP contribution is 2.24. The maximum Gasteiger partial charge on any atom is 0.138 e. The molecule has 0 fully saturated rings. The van der Waals surface area contributed by atoms with E-state index in [1.807, 2.05) is 12.1 Å². The maximum atomic E-state index is 5.91. The van der Waals surface area contributed by atoms with Crippen molar-refractivity contribution in [2.24, 2.45) is 5.73 Å². The van der Waals surface area contributed by atoms with Crippen molar-refractivity contribution in [3.05, 3.63) is 28.8 Å². The number of rotatable bonds is 4. The van der Waals surface area contributed by atoms with Crippen LogP contribution in [0.5, 0.6) is 5.75 Å². The van der Waals surface area contributed by atoms with Gasteiger partial charge in [-0.1, -0.05) is 23.4 Å². The molecule has 0 radical (unpaired) electrons. The number of methoxy groups -OCH3 is 1. The molecule has 0 heterocycles. The van der Waals surface area contributed by atoms with Gasteiger partial charge in [0.25, 0.3) is 0 Å².